The molecule has 0 bridgehead atoms. The van der Waals surface area contributed by atoms with Gasteiger partial charge in [-0.3, -0.25) is 9.48 Å². The minimum absolute atomic E-state index is 0.0257. The Morgan fingerprint density at radius 1 is 1.24 bits per heavy atom. The van der Waals surface area contributed by atoms with Crippen LogP contribution in [0.3, 0.4) is 0 Å². The zero-order valence-corrected chi connectivity index (χ0v) is 16.5. The number of carbonyl (C=O) groups is 1. The third kappa shape index (κ3) is 3.97. The van der Waals surface area contributed by atoms with Crippen LogP contribution in [0.2, 0.25) is 0 Å². The average molecular weight is 395 g/mol. The van der Waals surface area contributed by atoms with E-state index in [4.69, 9.17) is 11.5 Å². The minimum Gasteiger partial charge on any atom is -0.364 e. The number of fused-ring (bicyclic) bond motifs is 1. The van der Waals surface area contributed by atoms with Crippen LogP contribution in [-0.4, -0.2) is 43.0 Å². The Kier molecular flexibility index (Phi) is 5.01. The summed E-state index contributed by atoms with van der Waals surface area (Å²) in [6.07, 6.45) is 6.10. The van der Waals surface area contributed by atoms with Crippen LogP contribution in [0.15, 0.2) is 18.3 Å². The molecule has 10 heteroatoms. The molecule has 6 N–H and O–H groups in total. The number of carbonyl (C=O) groups excluding carboxylic acids is 1. The van der Waals surface area contributed by atoms with E-state index in [9.17, 15) is 4.79 Å². The van der Waals surface area contributed by atoms with Crippen molar-refractivity contribution in [1.82, 2.24) is 25.0 Å². The second-order valence-corrected chi connectivity index (χ2v) is 7.55. The summed E-state index contributed by atoms with van der Waals surface area (Å²) in [4.78, 5) is 16.3. The highest BCUT2D eigenvalue weighted by molar-refractivity contribution is 5.96. The van der Waals surface area contributed by atoms with Crippen LogP contribution in [0.4, 0.5) is 17.5 Å². The number of aryl methyl sites for hydroxylation is 2. The summed E-state index contributed by atoms with van der Waals surface area (Å²) in [5.74, 6) is -0.145. The summed E-state index contributed by atoms with van der Waals surface area (Å²) in [5, 5.41) is 19.9. The van der Waals surface area contributed by atoms with E-state index in [0.717, 1.165) is 47.8 Å². The molecule has 1 aliphatic carbocycles. The number of benzene rings is 1. The predicted molar refractivity (Wildman–Crippen MR) is 111 cm³/mol. The van der Waals surface area contributed by atoms with Gasteiger partial charge < -0.3 is 22.1 Å². The molecule has 2 heterocycles. The van der Waals surface area contributed by atoms with Crippen molar-refractivity contribution in [2.24, 2.45) is 18.5 Å². The van der Waals surface area contributed by atoms with Crippen molar-refractivity contribution in [3.05, 3.63) is 29.6 Å². The normalized spacial score (nSPS) is 19.3. The lowest BCUT2D eigenvalue weighted by Crippen LogP contribution is -2.43. The van der Waals surface area contributed by atoms with Crippen LogP contribution in [-0.2, 0) is 7.05 Å². The molecular weight excluding hydrogens is 370 g/mol. The van der Waals surface area contributed by atoms with E-state index >= 15 is 0 Å². The van der Waals surface area contributed by atoms with Crippen molar-refractivity contribution >= 4 is 34.3 Å². The summed E-state index contributed by atoms with van der Waals surface area (Å²) in [6.45, 7) is 2.00. The van der Waals surface area contributed by atoms with Crippen molar-refractivity contribution in [2.75, 3.05) is 10.6 Å². The maximum atomic E-state index is 11.8. The van der Waals surface area contributed by atoms with Gasteiger partial charge >= 0.3 is 0 Å². The molecule has 10 nitrogen and oxygen atoms in total. The Hall–Kier alpha value is -3.27. The highest BCUT2D eigenvalue weighted by Crippen LogP contribution is 2.26. The average Bonchev–Trinajstić information content (AvgIpc) is 3.04. The lowest BCUT2D eigenvalue weighted by molar-refractivity contribution is 0.0995. The van der Waals surface area contributed by atoms with Gasteiger partial charge in [0, 0.05) is 36.4 Å². The van der Waals surface area contributed by atoms with Gasteiger partial charge in [-0.25, -0.2) is 0 Å². The van der Waals surface area contributed by atoms with Gasteiger partial charge in [0.2, 0.25) is 5.95 Å². The molecule has 1 fully saturated rings. The molecule has 1 amide bonds. The van der Waals surface area contributed by atoms with Crippen LogP contribution < -0.4 is 22.1 Å². The Labute approximate surface area is 168 Å². The predicted octanol–water partition coefficient (Wildman–Crippen LogP) is 1.59. The maximum Gasteiger partial charge on any atom is 0.273 e. The first-order chi connectivity index (χ1) is 13.9. The Balaban J connectivity index is 1.65. The Morgan fingerprint density at radius 3 is 2.79 bits per heavy atom. The van der Waals surface area contributed by atoms with Crippen molar-refractivity contribution in [3.8, 4) is 0 Å². The number of nitrogens with two attached hydrogens (primary N) is 2. The van der Waals surface area contributed by atoms with E-state index in [-0.39, 0.29) is 23.6 Å². The number of rotatable bonds is 5. The van der Waals surface area contributed by atoms with E-state index in [2.05, 4.69) is 30.9 Å². The molecule has 1 aromatic carbocycles. The first kappa shape index (κ1) is 19.1. The first-order valence-electron chi connectivity index (χ1n) is 9.68. The number of primary amides is 1. The van der Waals surface area contributed by atoms with Crippen LogP contribution in [0.25, 0.3) is 10.9 Å². The molecular formula is C19H25N9O. The number of amides is 1. The highest BCUT2D eigenvalue weighted by atomic mass is 16.1. The van der Waals surface area contributed by atoms with Crippen LogP contribution in [0, 0.1) is 6.92 Å². The summed E-state index contributed by atoms with van der Waals surface area (Å²) in [7, 11) is 1.87. The smallest absolute Gasteiger partial charge is 0.273 e. The van der Waals surface area contributed by atoms with Crippen LogP contribution >= 0.6 is 0 Å². The number of aromatic nitrogens is 5. The molecule has 0 aliphatic heterocycles. The standard InChI is InChI=1S/C19H25N9O/c1-10-7-11(8-15-12(10)9-28(2)27-15)22-18-16(17(21)29)25-26-19(24-18)23-14-6-4-3-5-13(14)20/h7-9,13-14H,3-6,20H2,1-2H3,(H2,21,29)(H2,22,23,24,26)/t13-,14+/m0/s1. The van der Waals surface area contributed by atoms with E-state index in [1.54, 1.807) is 4.68 Å². The fourth-order valence-electron chi connectivity index (χ4n) is 3.77. The van der Waals surface area contributed by atoms with Gasteiger partial charge in [-0.2, -0.15) is 10.1 Å². The zero-order chi connectivity index (χ0) is 20.5. The zero-order valence-electron chi connectivity index (χ0n) is 16.5. The van der Waals surface area contributed by atoms with Gasteiger partial charge in [0.1, 0.15) is 0 Å². The molecule has 3 aromatic rings. The first-order valence-corrected chi connectivity index (χ1v) is 9.68. The largest absolute Gasteiger partial charge is 0.364 e. The number of nitrogens with zero attached hydrogens (tertiary/aromatic N) is 5. The molecule has 1 saturated carbocycles. The summed E-state index contributed by atoms with van der Waals surface area (Å²) in [5.41, 5.74) is 14.3. The van der Waals surface area contributed by atoms with Gasteiger partial charge in [-0.05, 0) is 37.5 Å². The highest BCUT2D eigenvalue weighted by Gasteiger charge is 2.23. The van der Waals surface area contributed by atoms with E-state index < -0.39 is 5.91 Å². The molecule has 2 atom stereocenters. The van der Waals surface area contributed by atoms with Gasteiger partial charge in [0.25, 0.3) is 5.91 Å². The molecule has 4 rings (SSSR count). The molecule has 0 saturated heterocycles. The third-order valence-corrected chi connectivity index (χ3v) is 5.26. The van der Waals surface area contributed by atoms with E-state index in [1.165, 1.54) is 0 Å². The van der Waals surface area contributed by atoms with Crippen molar-refractivity contribution in [1.29, 1.82) is 0 Å². The SMILES string of the molecule is Cc1cc(Nc2nc(N[C@@H]3CCCC[C@@H]3N)nnc2C(N)=O)cc2nn(C)cc12. The number of hydrogen-bond acceptors (Lipinski definition) is 8. The van der Waals surface area contributed by atoms with Gasteiger partial charge in [0.05, 0.1) is 5.52 Å². The van der Waals surface area contributed by atoms with E-state index in [1.807, 2.05) is 32.3 Å². The molecule has 0 unspecified atom stereocenters. The molecule has 152 valence electrons. The van der Waals surface area contributed by atoms with Crippen LogP contribution in [0.1, 0.15) is 41.7 Å². The molecule has 0 radical (unpaired) electrons. The second kappa shape index (κ2) is 7.63. The molecule has 1 aliphatic rings. The lowest BCUT2D eigenvalue weighted by Gasteiger charge is -2.29. The summed E-state index contributed by atoms with van der Waals surface area (Å²) < 4.78 is 1.76. The fraction of sp³-hybridized carbons (Fsp3) is 0.421. The number of anilines is 3. The topological polar surface area (TPSA) is 150 Å². The van der Waals surface area contributed by atoms with Gasteiger partial charge in [-0.1, -0.05) is 12.8 Å². The molecule has 2 aromatic heterocycles. The van der Waals surface area contributed by atoms with Crippen molar-refractivity contribution in [2.45, 2.75) is 44.7 Å². The summed E-state index contributed by atoms with van der Waals surface area (Å²) in [6, 6.07) is 3.96. The fourth-order valence-corrected chi connectivity index (χ4v) is 3.77. The quantitative estimate of drug-likeness (QED) is 0.509. The van der Waals surface area contributed by atoms with Crippen LogP contribution in [0.5, 0.6) is 0 Å². The lowest BCUT2D eigenvalue weighted by atomic mass is 9.91. The monoisotopic (exact) mass is 395 g/mol. The van der Waals surface area contributed by atoms with Gasteiger partial charge in [0.15, 0.2) is 11.5 Å². The maximum absolute atomic E-state index is 11.8. The van der Waals surface area contributed by atoms with Gasteiger partial charge in [-0.15, -0.1) is 10.2 Å². The van der Waals surface area contributed by atoms with Crippen molar-refractivity contribution in [3.63, 3.8) is 0 Å². The number of hydrogen-bond donors (Lipinski definition) is 4. The second-order valence-electron chi connectivity index (χ2n) is 7.55. The van der Waals surface area contributed by atoms with Crippen molar-refractivity contribution < 1.29 is 4.79 Å². The summed E-state index contributed by atoms with van der Waals surface area (Å²) >= 11 is 0. The molecule has 0 spiro atoms. The third-order valence-electron chi connectivity index (χ3n) is 5.26. The minimum atomic E-state index is -0.705. The number of nitrogens with one attached hydrogen (secondary N) is 2. The van der Waals surface area contributed by atoms with E-state index in [0.29, 0.717) is 5.95 Å². The molecule has 29 heavy (non-hydrogen) atoms. The Bertz CT molecular complexity index is 1060. The Morgan fingerprint density at radius 2 is 2.03 bits per heavy atom.